The second-order valence-corrected chi connectivity index (χ2v) is 9.66. The van der Waals surface area contributed by atoms with E-state index < -0.39 is 5.63 Å². The second kappa shape index (κ2) is 13.3. The van der Waals surface area contributed by atoms with Crippen molar-refractivity contribution in [2.75, 3.05) is 13.2 Å². The predicted octanol–water partition coefficient (Wildman–Crippen LogP) is 6.35. The molecule has 3 unspecified atom stereocenters. The van der Waals surface area contributed by atoms with E-state index in [-0.39, 0.29) is 35.2 Å². The first-order valence-electron chi connectivity index (χ1n) is 12.0. The Labute approximate surface area is 199 Å². The van der Waals surface area contributed by atoms with E-state index in [4.69, 9.17) is 9.15 Å². The predicted molar refractivity (Wildman–Crippen MR) is 135 cm³/mol. The quantitative estimate of drug-likeness (QED) is 0.436. The molecule has 1 aliphatic rings. The Morgan fingerprint density at radius 3 is 2.45 bits per heavy atom. The fourth-order valence-corrected chi connectivity index (χ4v) is 4.62. The summed E-state index contributed by atoms with van der Waals surface area (Å²) in [5.41, 5.74) is 0.456. The van der Waals surface area contributed by atoms with Gasteiger partial charge < -0.3 is 14.3 Å². The molecule has 0 saturated heterocycles. The Morgan fingerprint density at radius 1 is 1.27 bits per heavy atom. The van der Waals surface area contributed by atoms with E-state index in [2.05, 4.69) is 33.9 Å². The molecule has 184 valence electrons. The first-order chi connectivity index (χ1) is 15.6. The van der Waals surface area contributed by atoms with Gasteiger partial charge in [-0.1, -0.05) is 66.0 Å². The zero-order valence-electron chi connectivity index (χ0n) is 21.3. The molecule has 0 spiro atoms. The zero-order chi connectivity index (χ0) is 25.2. The number of carbonyl (C=O) groups is 1. The van der Waals surface area contributed by atoms with Gasteiger partial charge in [0, 0.05) is 18.2 Å². The number of hydrogen-bond acceptors (Lipinski definition) is 5. The fraction of sp³-hybridized carbons (Fsp3) is 0.571. The molecule has 1 saturated carbocycles. The Balaban J connectivity index is 0.00000265. The third kappa shape index (κ3) is 8.47. The lowest BCUT2D eigenvalue weighted by molar-refractivity contribution is -0.122. The monoisotopic (exact) mass is 458 g/mol. The Morgan fingerprint density at radius 2 is 1.94 bits per heavy atom. The summed E-state index contributed by atoms with van der Waals surface area (Å²) < 4.78 is 11.1. The van der Waals surface area contributed by atoms with Crippen molar-refractivity contribution >= 4 is 11.4 Å². The van der Waals surface area contributed by atoms with Gasteiger partial charge >= 0.3 is 5.63 Å². The third-order valence-electron chi connectivity index (χ3n) is 6.17. The van der Waals surface area contributed by atoms with Gasteiger partial charge in [0.2, 0.25) is 0 Å². The topological polar surface area (TPSA) is 76.7 Å². The lowest BCUT2D eigenvalue weighted by Gasteiger charge is -2.43. The third-order valence-corrected chi connectivity index (χ3v) is 6.17. The minimum absolute atomic E-state index is 0.0363. The second-order valence-electron chi connectivity index (χ2n) is 9.66. The van der Waals surface area contributed by atoms with Crippen molar-refractivity contribution < 1.29 is 19.1 Å². The van der Waals surface area contributed by atoms with Crippen molar-refractivity contribution in [3.63, 3.8) is 0 Å². The highest BCUT2D eigenvalue weighted by Crippen LogP contribution is 2.45. The molecular weight excluding hydrogens is 416 g/mol. The highest BCUT2D eigenvalue weighted by atomic mass is 16.5. The van der Waals surface area contributed by atoms with Gasteiger partial charge in [0.15, 0.2) is 5.78 Å². The van der Waals surface area contributed by atoms with Crippen molar-refractivity contribution in [1.82, 2.24) is 0 Å². The van der Waals surface area contributed by atoms with Gasteiger partial charge in [-0.15, -0.1) is 0 Å². The van der Waals surface area contributed by atoms with Crippen molar-refractivity contribution in [1.29, 1.82) is 0 Å². The number of ketones is 1. The van der Waals surface area contributed by atoms with E-state index in [1.807, 2.05) is 13.8 Å². The molecule has 0 radical (unpaired) electrons. The van der Waals surface area contributed by atoms with E-state index in [9.17, 15) is 14.7 Å². The SMILES string of the molecule is C=C/C=C(\C=C)c1cc(O)c(CC2CCC(COCC(C)=O)CC2C(C)(C)C)c(=O)o1.CC. The van der Waals surface area contributed by atoms with Crippen LogP contribution >= 0.6 is 0 Å². The number of hydrogen-bond donors (Lipinski definition) is 1. The average Bonchev–Trinajstić information content (AvgIpc) is 2.75. The van der Waals surface area contributed by atoms with Crippen LogP contribution in [0.1, 0.15) is 72.1 Å². The van der Waals surface area contributed by atoms with Gasteiger partial charge in [-0.3, -0.25) is 4.79 Å². The summed E-state index contributed by atoms with van der Waals surface area (Å²) in [6, 6.07) is 1.49. The van der Waals surface area contributed by atoms with Crippen LogP contribution in [0.15, 0.2) is 46.7 Å². The number of aromatic hydroxyl groups is 1. The molecule has 0 aromatic carbocycles. The average molecular weight is 459 g/mol. The maximum atomic E-state index is 12.7. The Hall–Kier alpha value is -2.40. The van der Waals surface area contributed by atoms with Crippen molar-refractivity contribution in [3.8, 4) is 5.75 Å². The summed E-state index contributed by atoms with van der Waals surface area (Å²) in [7, 11) is 0. The number of carbonyl (C=O) groups excluding carboxylic acids is 1. The van der Waals surface area contributed by atoms with Gasteiger partial charge in [0.05, 0.1) is 5.56 Å². The first kappa shape index (κ1) is 28.6. The number of Topliss-reactive ketones (excluding diaryl/α,β-unsaturated/α-hetero) is 1. The molecule has 0 amide bonds. The van der Waals surface area contributed by atoms with Gasteiger partial charge in [0.1, 0.15) is 18.1 Å². The highest BCUT2D eigenvalue weighted by molar-refractivity contribution is 5.76. The number of ether oxygens (including phenoxy) is 1. The van der Waals surface area contributed by atoms with E-state index in [1.54, 1.807) is 18.2 Å². The standard InChI is InChI=1S/C26H36O5.C2H6/c1-7-9-19(8-2)24-14-23(28)21(25(29)31-24)13-20-11-10-18(16-30-15-17(3)27)12-22(20)26(4,5)6;1-2/h7-9,14,18,20,22,28H,1-2,10-13,15-16H2,3-6H3;1-2H3/b19-9+;. The minimum atomic E-state index is -0.508. The van der Waals surface area contributed by atoms with Gasteiger partial charge in [-0.05, 0) is 55.8 Å². The van der Waals surface area contributed by atoms with Crippen molar-refractivity contribution in [2.45, 2.75) is 67.2 Å². The largest absolute Gasteiger partial charge is 0.507 e. The summed E-state index contributed by atoms with van der Waals surface area (Å²) in [6.07, 6.45) is 8.17. The van der Waals surface area contributed by atoms with Crippen LogP contribution in [0.4, 0.5) is 0 Å². The molecule has 1 aromatic rings. The molecule has 3 atom stereocenters. The molecule has 1 fully saturated rings. The molecule has 1 N–H and O–H groups in total. The van der Waals surface area contributed by atoms with Crippen LogP contribution in [-0.2, 0) is 16.0 Å². The van der Waals surface area contributed by atoms with E-state index >= 15 is 0 Å². The van der Waals surface area contributed by atoms with Crippen LogP contribution in [0.5, 0.6) is 5.75 Å². The Bertz CT molecular complexity index is 885. The maximum absolute atomic E-state index is 12.7. The van der Waals surface area contributed by atoms with Gasteiger partial charge in [-0.2, -0.15) is 0 Å². The molecule has 2 rings (SSSR count). The molecule has 5 heteroatoms. The molecule has 0 bridgehead atoms. The smallest absolute Gasteiger partial charge is 0.343 e. The first-order valence-corrected chi connectivity index (χ1v) is 12.0. The summed E-state index contributed by atoms with van der Waals surface area (Å²) in [6.45, 7) is 20.3. The van der Waals surface area contributed by atoms with E-state index in [0.717, 1.165) is 19.3 Å². The summed E-state index contributed by atoms with van der Waals surface area (Å²) in [4.78, 5) is 23.9. The van der Waals surface area contributed by atoms with E-state index in [0.29, 0.717) is 36.0 Å². The normalized spacial score (nSPS) is 21.0. The fourth-order valence-electron chi connectivity index (χ4n) is 4.62. The molecule has 1 heterocycles. The summed E-state index contributed by atoms with van der Waals surface area (Å²) >= 11 is 0. The van der Waals surface area contributed by atoms with Gasteiger partial charge in [0.25, 0.3) is 0 Å². The van der Waals surface area contributed by atoms with Crippen molar-refractivity contribution in [3.05, 3.63) is 59.2 Å². The van der Waals surface area contributed by atoms with Crippen LogP contribution in [0.2, 0.25) is 0 Å². The lowest BCUT2D eigenvalue weighted by atomic mass is 9.62. The molecule has 0 aliphatic heterocycles. The van der Waals surface area contributed by atoms with Crippen LogP contribution in [0, 0.1) is 23.2 Å². The van der Waals surface area contributed by atoms with Crippen LogP contribution in [0.25, 0.3) is 5.57 Å². The van der Waals surface area contributed by atoms with Crippen LogP contribution < -0.4 is 5.63 Å². The van der Waals surface area contributed by atoms with Crippen molar-refractivity contribution in [2.24, 2.45) is 23.2 Å². The van der Waals surface area contributed by atoms with Gasteiger partial charge in [-0.25, -0.2) is 4.79 Å². The van der Waals surface area contributed by atoms with E-state index in [1.165, 1.54) is 13.0 Å². The number of rotatable bonds is 9. The summed E-state index contributed by atoms with van der Waals surface area (Å²) in [5, 5.41) is 10.6. The molecule has 1 aliphatic carbocycles. The summed E-state index contributed by atoms with van der Waals surface area (Å²) in [5.74, 6) is 1.28. The molecular formula is C28H42O5. The maximum Gasteiger partial charge on any atom is 0.343 e. The highest BCUT2D eigenvalue weighted by Gasteiger charge is 2.38. The minimum Gasteiger partial charge on any atom is -0.507 e. The Kier molecular flexibility index (Phi) is 11.6. The lowest BCUT2D eigenvalue weighted by Crippen LogP contribution is -2.37. The molecule has 1 aromatic heterocycles. The number of allylic oxidation sites excluding steroid dienone is 4. The molecule has 5 nitrogen and oxygen atoms in total. The zero-order valence-corrected chi connectivity index (χ0v) is 21.3. The van der Waals surface area contributed by atoms with Crippen LogP contribution in [-0.4, -0.2) is 24.1 Å². The molecule has 33 heavy (non-hydrogen) atoms. The van der Waals surface area contributed by atoms with Crippen LogP contribution in [0.3, 0.4) is 0 Å².